The smallest absolute Gasteiger partial charge is 0.291 e. The van der Waals surface area contributed by atoms with Gasteiger partial charge in [0.2, 0.25) is 0 Å². The summed E-state index contributed by atoms with van der Waals surface area (Å²) in [4.78, 5) is 0. The van der Waals surface area contributed by atoms with Gasteiger partial charge in [-0.15, -0.1) is 10.2 Å². The van der Waals surface area contributed by atoms with Crippen LogP contribution in [0.25, 0.3) is 11.4 Å². The topological polar surface area (TPSA) is 64.8 Å². The van der Waals surface area contributed by atoms with Gasteiger partial charge in [0.05, 0.1) is 5.02 Å². The third kappa shape index (κ3) is 3.04. The largest absolute Gasteiger partial charge is 0.296 e. The molecule has 0 aliphatic carbocycles. The normalized spacial score (nSPS) is 12.7. The van der Waals surface area contributed by atoms with E-state index in [1.807, 2.05) is 0 Å². The highest BCUT2D eigenvalue weighted by Gasteiger charge is 2.31. The molecule has 1 heterocycles. The molecule has 0 aliphatic heterocycles. The molecule has 114 valence electrons. The van der Waals surface area contributed by atoms with Gasteiger partial charge in [-0.2, -0.15) is 0 Å². The molecule has 0 amide bonds. The molecule has 0 radical (unpaired) electrons. The van der Waals surface area contributed by atoms with E-state index in [4.69, 9.17) is 22.3 Å². The summed E-state index contributed by atoms with van der Waals surface area (Å²) in [5, 5.41) is 6.86. The maximum atomic E-state index is 13.6. The van der Waals surface area contributed by atoms with Gasteiger partial charge in [0.25, 0.3) is 14.2 Å². The minimum Gasteiger partial charge on any atom is -0.291 e. The Labute approximate surface area is 131 Å². The van der Waals surface area contributed by atoms with Gasteiger partial charge >= 0.3 is 0 Å². The molecule has 0 bridgehead atoms. The summed E-state index contributed by atoms with van der Waals surface area (Å²) >= 11 is 5.93. The van der Waals surface area contributed by atoms with E-state index in [9.17, 15) is 12.8 Å². The molecule has 0 N–H and O–H groups in total. The molecule has 1 aromatic carbocycles. The van der Waals surface area contributed by atoms with Crippen LogP contribution >= 0.6 is 22.3 Å². The van der Waals surface area contributed by atoms with Gasteiger partial charge in [-0.1, -0.05) is 17.7 Å². The van der Waals surface area contributed by atoms with Gasteiger partial charge in [-0.05, 0) is 32.9 Å². The molecule has 0 saturated carbocycles. The lowest BCUT2D eigenvalue weighted by atomic mass is 10.1. The maximum absolute atomic E-state index is 13.6. The summed E-state index contributed by atoms with van der Waals surface area (Å²) in [6, 6.07) is 4.18. The molecule has 5 nitrogen and oxygen atoms in total. The SMILES string of the molecule is CC(C)(C)n1c(-c2cccc(F)c2Cl)nnc1S(=O)(=O)Cl. The van der Waals surface area contributed by atoms with Gasteiger partial charge in [-0.3, -0.25) is 4.57 Å². The van der Waals surface area contributed by atoms with Crippen molar-refractivity contribution < 1.29 is 12.8 Å². The van der Waals surface area contributed by atoms with E-state index < -0.39 is 25.6 Å². The van der Waals surface area contributed by atoms with Crippen molar-refractivity contribution in [1.29, 1.82) is 0 Å². The Balaban J connectivity index is 2.83. The summed E-state index contributed by atoms with van der Waals surface area (Å²) in [6.45, 7) is 5.25. The van der Waals surface area contributed by atoms with Crippen LogP contribution in [0.2, 0.25) is 5.02 Å². The van der Waals surface area contributed by atoms with Crippen molar-refractivity contribution in [2.45, 2.75) is 31.5 Å². The Kier molecular flexibility index (Phi) is 4.03. The number of aromatic nitrogens is 3. The fraction of sp³-hybridized carbons (Fsp3) is 0.333. The summed E-state index contributed by atoms with van der Waals surface area (Å²) in [6.07, 6.45) is 0. The fourth-order valence-electron chi connectivity index (χ4n) is 1.88. The number of hydrogen-bond acceptors (Lipinski definition) is 4. The molecule has 9 heteroatoms. The Morgan fingerprint density at radius 2 is 1.86 bits per heavy atom. The van der Waals surface area contributed by atoms with E-state index in [-0.39, 0.29) is 16.4 Å². The van der Waals surface area contributed by atoms with Crippen LogP contribution < -0.4 is 0 Å². The highest BCUT2D eigenvalue weighted by atomic mass is 35.7. The first-order chi connectivity index (χ1) is 9.53. The van der Waals surface area contributed by atoms with Crippen LogP contribution in [0.5, 0.6) is 0 Å². The molecule has 0 fully saturated rings. The lowest BCUT2D eigenvalue weighted by Gasteiger charge is -2.24. The van der Waals surface area contributed by atoms with E-state index in [0.29, 0.717) is 0 Å². The zero-order valence-corrected chi connectivity index (χ0v) is 13.8. The molecule has 0 spiro atoms. The quantitative estimate of drug-likeness (QED) is 0.777. The average molecular weight is 352 g/mol. The number of hydrogen-bond donors (Lipinski definition) is 0. The first-order valence-electron chi connectivity index (χ1n) is 5.88. The van der Waals surface area contributed by atoms with E-state index in [1.165, 1.54) is 22.8 Å². The van der Waals surface area contributed by atoms with Crippen LogP contribution in [-0.4, -0.2) is 23.2 Å². The monoisotopic (exact) mass is 351 g/mol. The number of halogens is 3. The summed E-state index contributed by atoms with van der Waals surface area (Å²) < 4.78 is 38.2. The third-order valence-electron chi connectivity index (χ3n) is 2.71. The molecule has 2 aromatic rings. The van der Waals surface area contributed by atoms with Gasteiger partial charge in [0.1, 0.15) is 5.82 Å². The van der Waals surface area contributed by atoms with Crippen LogP contribution in [0.4, 0.5) is 4.39 Å². The van der Waals surface area contributed by atoms with Gasteiger partial charge in [0, 0.05) is 21.8 Å². The minimum absolute atomic E-state index is 0.131. The predicted octanol–water partition coefficient (Wildman–Crippen LogP) is 3.42. The number of nitrogens with zero attached hydrogens (tertiary/aromatic N) is 3. The number of rotatable bonds is 2. The minimum atomic E-state index is -4.10. The lowest BCUT2D eigenvalue weighted by Crippen LogP contribution is -2.26. The number of benzene rings is 1. The summed E-state index contributed by atoms with van der Waals surface area (Å²) in [5.74, 6) is -0.501. The fourth-order valence-corrected chi connectivity index (χ4v) is 3.11. The maximum Gasteiger partial charge on any atom is 0.296 e. The molecule has 0 saturated heterocycles. The van der Waals surface area contributed by atoms with Crippen molar-refractivity contribution in [3.05, 3.63) is 29.0 Å². The molecular formula is C12H12Cl2FN3O2S. The Bertz CT molecular complexity index is 797. The van der Waals surface area contributed by atoms with E-state index in [2.05, 4.69) is 10.2 Å². The third-order valence-corrected chi connectivity index (χ3v) is 4.21. The van der Waals surface area contributed by atoms with Crippen molar-refractivity contribution in [2.75, 3.05) is 0 Å². The van der Waals surface area contributed by atoms with Crippen LogP contribution in [-0.2, 0) is 14.6 Å². The van der Waals surface area contributed by atoms with Crippen LogP contribution in [0.1, 0.15) is 20.8 Å². The summed E-state index contributed by atoms with van der Waals surface area (Å²) in [7, 11) is 1.28. The molecule has 0 unspecified atom stereocenters. The van der Waals surface area contributed by atoms with Gasteiger partial charge < -0.3 is 0 Å². The van der Waals surface area contributed by atoms with E-state index in [0.717, 1.165) is 0 Å². The average Bonchev–Trinajstić information content (AvgIpc) is 2.76. The molecule has 21 heavy (non-hydrogen) atoms. The highest BCUT2D eigenvalue weighted by molar-refractivity contribution is 8.13. The standard InChI is InChI=1S/C12H12Cl2FN3O2S/c1-12(2,3)18-10(16-17-11(18)21(14,19)20)7-5-4-6-8(15)9(7)13/h4-6H,1-3H3. The van der Waals surface area contributed by atoms with Gasteiger partial charge in [0.15, 0.2) is 5.82 Å². The molecule has 1 aromatic heterocycles. The molecular weight excluding hydrogens is 340 g/mol. The molecule has 0 atom stereocenters. The molecule has 2 rings (SSSR count). The Morgan fingerprint density at radius 3 is 2.38 bits per heavy atom. The van der Waals surface area contributed by atoms with Crippen molar-refractivity contribution in [2.24, 2.45) is 0 Å². The van der Waals surface area contributed by atoms with Crippen molar-refractivity contribution in [3.63, 3.8) is 0 Å². The zero-order valence-electron chi connectivity index (χ0n) is 11.4. The molecule has 0 aliphatic rings. The van der Waals surface area contributed by atoms with Crippen LogP contribution in [0, 0.1) is 5.82 Å². The Morgan fingerprint density at radius 1 is 1.24 bits per heavy atom. The Hall–Kier alpha value is -1.18. The van der Waals surface area contributed by atoms with Crippen LogP contribution in [0.15, 0.2) is 23.4 Å². The second kappa shape index (κ2) is 5.23. The van der Waals surface area contributed by atoms with E-state index in [1.54, 1.807) is 20.8 Å². The summed E-state index contributed by atoms with van der Waals surface area (Å²) in [5.41, 5.74) is -0.461. The van der Waals surface area contributed by atoms with Crippen LogP contribution in [0.3, 0.4) is 0 Å². The first kappa shape index (κ1) is 16.2. The second-order valence-electron chi connectivity index (χ2n) is 5.35. The second-order valence-corrected chi connectivity index (χ2v) is 8.19. The van der Waals surface area contributed by atoms with Crippen molar-refractivity contribution in [1.82, 2.24) is 14.8 Å². The zero-order chi connectivity index (χ0) is 16.0. The lowest BCUT2D eigenvalue weighted by molar-refractivity contribution is 0.367. The first-order valence-corrected chi connectivity index (χ1v) is 8.57. The highest BCUT2D eigenvalue weighted by Crippen LogP contribution is 2.34. The van der Waals surface area contributed by atoms with Crippen molar-refractivity contribution in [3.8, 4) is 11.4 Å². The predicted molar refractivity (Wildman–Crippen MR) is 78.5 cm³/mol. The van der Waals surface area contributed by atoms with Gasteiger partial charge in [-0.25, -0.2) is 12.8 Å². The van der Waals surface area contributed by atoms with E-state index >= 15 is 0 Å². The van der Waals surface area contributed by atoms with Crippen molar-refractivity contribution >= 4 is 31.3 Å².